The number of carbonyl (C=O) groups excluding carboxylic acids is 1. The molecule has 0 spiro atoms. The van der Waals surface area contributed by atoms with Gasteiger partial charge in [-0.1, -0.05) is 30.0 Å². The first-order chi connectivity index (χ1) is 10.4. The number of hydrogen-bond donors (Lipinski definition) is 2. The van der Waals surface area contributed by atoms with Crippen LogP contribution >= 0.6 is 11.8 Å². The summed E-state index contributed by atoms with van der Waals surface area (Å²) in [4.78, 5) is 23.3. The zero-order valence-corrected chi connectivity index (χ0v) is 14.0. The number of amides is 1. The molecule has 0 aliphatic rings. The fourth-order valence-electron chi connectivity index (χ4n) is 1.99. The topological polar surface area (TPSA) is 79.8 Å². The Bertz CT molecular complexity index is 735. The molecule has 22 heavy (non-hydrogen) atoms. The van der Waals surface area contributed by atoms with Crippen molar-refractivity contribution >= 4 is 17.7 Å². The highest BCUT2D eigenvalue weighted by atomic mass is 32.2. The highest BCUT2D eigenvalue weighted by Crippen LogP contribution is 2.17. The van der Waals surface area contributed by atoms with Crippen LogP contribution in [0.1, 0.15) is 29.7 Å². The number of hydrogen-bond acceptors (Lipinski definition) is 4. The third-order valence-corrected chi connectivity index (χ3v) is 4.61. The molecule has 0 aliphatic heterocycles. The molecule has 1 aromatic heterocycles. The molecule has 2 rings (SSSR count). The molecular weight excluding hydrogens is 300 g/mol. The number of aromatic amines is 1. The minimum absolute atomic E-state index is 0.0598. The molecule has 0 radical (unpaired) electrons. The Morgan fingerprint density at radius 3 is 2.73 bits per heavy atom. The molecule has 1 amide bonds. The summed E-state index contributed by atoms with van der Waals surface area (Å²) >= 11 is 1.23. The van der Waals surface area contributed by atoms with Gasteiger partial charge in [0, 0.05) is 7.05 Å². The maximum Gasteiger partial charge on any atom is 0.343 e. The van der Waals surface area contributed by atoms with Crippen LogP contribution in [0.5, 0.6) is 0 Å². The van der Waals surface area contributed by atoms with E-state index in [2.05, 4.69) is 41.5 Å². The molecular formula is C15H20N4O2S. The van der Waals surface area contributed by atoms with E-state index < -0.39 is 0 Å². The van der Waals surface area contributed by atoms with Crippen molar-refractivity contribution in [2.75, 3.05) is 5.75 Å². The maximum absolute atomic E-state index is 12.0. The smallest absolute Gasteiger partial charge is 0.343 e. The van der Waals surface area contributed by atoms with Crippen molar-refractivity contribution in [2.45, 2.75) is 32.0 Å². The van der Waals surface area contributed by atoms with Crippen LogP contribution in [0.2, 0.25) is 0 Å². The summed E-state index contributed by atoms with van der Waals surface area (Å²) in [7, 11) is 1.61. The van der Waals surface area contributed by atoms with Crippen LogP contribution < -0.4 is 11.0 Å². The van der Waals surface area contributed by atoms with Gasteiger partial charge in [0.1, 0.15) is 0 Å². The van der Waals surface area contributed by atoms with E-state index in [0.717, 1.165) is 5.56 Å². The first kappa shape index (κ1) is 16.4. The van der Waals surface area contributed by atoms with E-state index in [1.165, 1.54) is 27.5 Å². The summed E-state index contributed by atoms with van der Waals surface area (Å²) in [6.45, 7) is 6.07. The summed E-state index contributed by atoms with van der Waals surface area (Å²) in [5, 5.41) is 9.65. The van der Waals surface area contributed by atoms with Crippen molar-refractivity contribution < 1.29 is 4.79 Å². The first-order valence-corrected chi connectivity index (χ1v) is 7.97. The number of aryl methyl sites for hydroxylation is 2. The average molecular weight is 320 g/mol. The second kappa shape index (κ2) is 6.83. The zero-order valence-electron chi connectivity index (χ0n) is 13.1. The van der Waals surface area contributed by atoms with E-state index in [-0.39, 0.29) is 23.4 Å². The molecule has 1 unspecified atom stereocenters. The van der Waals surface area contributed by atoms with Gasteiger partial charge in [-0.2, -0.15) is 0 Å². The van der Waals surface area contributed by atoms with Crippen LogP contribution in [0, 0.1) is 13.8 Å². The Morgan fingerprint density at radius 1 is 1.41 bits per heavy atom. The lowest BCUT2D eigenvalue weighted by Gasteiger charge is -2.15. The molecule has 0 fully saturated rings. The number of H-pyrrole nitrogens is 1. The van der Waals surface area contributed by atoms with E-state index >= 15 is 0 Å². The minimum Gasteiger partial charge on any atom is -0.349 e. The van der Waals surface area contributed by atoms with Gasteiger partial charge in [0.05, 0.1) is 11.8 Å². The number of nitrogens with one attached hydrogen (secondary N) is 2. The van der Waals surface area contributed by atoms with E-state index in [0.29, 0.717) is 5.16 Å². The van der Waals surface area contributed by atoms with Crippen LogP contribution in [0.15, 0.2) is 28.2 Å². The van der Waals surface area contributed by atoms with Gasteiger partial charge in [0.15, 0.2) is 5.16 Å². The summed E-state index contributed by atoms with van der Waals surface area (Å²) in [6.07, 6.45) is 0. The lowest BCUT2D eigenvalue weighted by molar-refractivity contribution is -0.119. The molecule has 2 aromatic rings. The molecule has 2 N–H and O–H groups in total. The van der Waals surface area contributed by atoms with Crippen LogP contribution in [0.3, 0.4) is 0 Å². The molecule has 1 atom stereocenters. The first-order valence-electron chi connectivity index (χ1n) is 6.99. The molecule has 118 valence electrons. The van der Waals surface area contributed by atoms with Gasteiger partial charge in [-0.05, 0) is 37.5 Å². The highest BCUT2D eigenvalue weighted by molar-refractivity contribution is 7.99. The zero-order chi connectivity index (χ0) is 16.3. The monoisotopic (exact) mass is 320 g/mol. The summed E-state index contributed by atoms with van der Waals surface area (Å²) in [5.41, 5.74) is 3.23. The van der Waals surface area contributed by atoms with Crippen molar-refractivity contribution in [3.8, 4) is 0 Å². The van der Waals surface area contributed by atoms with E-state index in [4.69, 9.17) is 0 Å². The van der Waals surface area contributed by atoms with Crippen LogP contribution in [0.25, 0.3) is 0 Å². The summed E-state index contributed by atoms with van der Waals surface area (Å²) in [5.74, 6) is 0.124. The summed E-state index contributed by atoms with van der Waals surface area (Å²) in [6, 6.07) is 6.11. The molecule has 0 saturated heterocycles. The lowest BCUT2D eigenvalue weighted by Crippen LogP contribution is -2.28. The van der Waals surface area contributed by atoms with E-state index in [1.54, 1.807) is 7.05 Å². The van der Waals surface area contributed by atoms with Gasteiger partial charge in [-0.15, -0.1) is 5.10 Å². The Balaban J connectivity index is 1.92. The average Bonchev–Trinajstić information content (AvgIpc) is 2.79. The Morgan fingerprint density at radius 2 is 2.14 bits per heavy atom. The van der Waals surface area contributed by atoms with Crippen LogP contribution in [0.4, 0.5) is 0 Å². The van der Waals surface area contributed by atoms with Gasteiger partial charge >= 0.3 is 5.69 Å². The fourth-order valence-corrected chi connectivity index (χ4v) is 2.72. The maximum atomic E-state index is 12.0. The number of carbonyl (C=O) groups is 1. The largest absolute Gasteiger partial charge is 0.349 e. The minimum atomic E-state index is -0.286. The molecule has 1 aromatic carbocycles. The van der Waals surface area contributed by atoms with Crippen molar-refractivity contribution in [1.29, 1.82) is 0 Å². The Kier molecular flexibility index (Phi) is 5.07. The SMILES string of the molecule is Cc1ccc(C(C)NC(=O)CSc2n[nH]c(=O)n2C)cc1C. The summed E-state index contributed by atoms with van der Waals surface area (Å²) < 4.78 is 1.38. The molecule has 1 heterocycles. The molecule has 6 nitrogen and oxygen atoms in total. The van der Waals surface area contributed by atoms with Crippen molar-refractivity contribution in [1.82, 2.24) is 20.1 Å². The quantitative estimate of drug-likeness (QED) is 0.822. The number of rotatable bonds is 5. The predicted octanol–water partition coefficient (Wildman–Crippen LogP) is 1.69. The third-order valence-electron chi connectivity index (χ3n) is 3.58. The van der Waals surface area contributed by atoms with Crippen molar-refractivity contribution in [2.24, 2.45) is 7.05 Å². The van der Waals surface area contributed by atoms with Crippen molar-refractivity contribution in [3.05, 3.63) is 45.4 Å². The van der Waals surface area contributed by atoms with Crippen molar-refractivity contribution in [3.63, 3.8) is 0 Å². The normalized spacial score (nSPS) is 12.2. The molecule has 0 saturated carbocycles. The Hall–Kier alpha value is -2.02. The van der Waals surface area contributed by atoms with Gasteiger partial charge in [0.2, 0.25) is 5.91 Å². The Labute approximate surface area is 133 Å². The number of thioether (sulfide) groups is 1. The third kappa shape index (κ3) is 3.79. The van der Waals surface area contributed by atoms with Gasteiger partial charge in [0.25, 0.3) is 0 Å². The van der Waals surface area contributed by atoms with Gasteiger partial charge in [-0.25, -0.2) is 9.89 Å². The predicted molar refractivity (Wildman–Crippen MR) is 87.0 cm³/mol. The number of nitrogens with zero attached hydrogens (tertiary/aromatic N) is 2. The molecule has 0 aliphatic carbocycles. The van der Waals surface area contributed by atoms with Gasteiger partial charge < -0.3 is 5.32 Å². The highest BCUT2D eigenvalue weighted by Gasteiger charge is 2.12. The number of benzene rings is 1. The molecule has 0 bridgehead atoms. The van der Waals surface area contributed by atoms with Crippen LogP contribution in [-0.4, -0.2) is 26.4 Å². The number of aromatic nitrogens is 3. The van der Waals surface area contributed by atoms with E-state index in [9.17, 15) is 9.59 Å². The van der Waals surface area contributed by atoms with Crippen LogP contribution in [-0.2, 0) is 11.8 Å². The van der Waals surface area contributed by atoms with Gasteiger partial charge in [-0.3, -0.25) is 9.36 Å². The van der Waals surface area contributed by atoms with E-state index in [1.807, 2.05) is 13.0 Å². The second-order valence-corrected chi connectivity index (χ2v) is 6.23. The molecule has 7 heteroatoms. The lowest BCUT2D eigenvalue weighted by atomic mass is 10.0. The fraction of sp³-hybridized carbons (Fsp3) is 0.400. The second-order valence-electron chi connectivity index (χ2n) is 5.29. The standard InChI is InChI=1S/C15H20N4O2S/c1-9-5-6-12(7-10(9)2)11(3)16-13(20)8-22-15-18-17-14(21)19(15)4/h5-7,11H,8H2,1-4H3,(H,16,20)(H,17,21).